The van der Waals surface area contributed by atoms with Crippen LogP contribution < -0.4 is 0 Å². The summed E-state index contributed by atoms with van der Waals surface area (Å²) in [5, 5.41) is 9.42. The largest absolute Gasteiger partial charge is 0.247 e. The zero-order valence-electron chi connectivity index (χ0n) is 19.1. The van der Waals surface area contributed by atoms with Crippen LogP contribution in [0, 0.1) is 0 Å². The molecule has 0 saturated carbocycles. The van der Waals surface area contributed by atoms with Crippen molar-refractivity contribution in [2.45, 2.75) is 18.3 Å². The molecule has 0 amide bonds. The maximum absolute atomic E-state index is 5.43. The third-order valence-electron chi connectivity index (χ3n) is 8.64. The monoisotopic (exact) mass is 443 g/mol. The molecule has 1 heteroatoms. The summed E-state index contributed by atoms with van der Waals surface area (Å²) >= 11 is 0. The molecule has 6 aromatic carbocycles. The van der Waals surface area contributed by atoms with Gasteiger partial charge in [0.15, 0.2) is 0 Å². The van der Waals surface area contributed by atoms with E-state index in [0.29, 0.717) is 11.8 Å². The van der Waals surface area contributed by atoms with E-state index in [1.165, 1.54) is 71.2 Å². The lowest BCUT2D eigenvalue weighted by Gasteiger charge is -2.25. The maximum Gasteiger partial charge on any atom is 0.0750 e. The fourth-order valence-corrected chi connectivity index (χ4v) is 7.32. The number of hydrogen-bond donors (Lipinski definition) is 0. The molecule has 2 aliphatic rings. The van der Waals surface area contributed by atoms with E-state index >= 15 is 0 Å². The fourth-order valence-electron chi connectivity index (χ4n) is 7.32. The van der Waals surface area contributed by atoms with Gasteiger partial charge in [0, 0.05) is 22.8 Å². The second kappa shape index (κ2) is 6.25. The van der Waals surface area contributed by atoms with E-state index in [-0.39, 0.29) is 0 Å². The van der Waals surface area contributed by atoms with Crippen molar-refractivity contribution in [3.05, 3.63) is 125 Å². The molecule has 2 aliphatic carbocycles. The molecule has 0 aliphatic heterocycles. The summed E-state index contributed by atoms with van der Waals surface area (Å²) in [6.07, 6.45) is 1.16. The summed E-state index contributed by atoms with van der Waals surface area (Å²) in [5.74, 6) is 0.870. The summed E-state index contributed by atoms with van der Waals surface area (Å²) in [6.45, 7) is 0. The second-order valence-corrected chi connectivity index (χ2v) is 10.3. The Morgan fingerprint density at radius 1 is 0.543 bits per heavy atom. The number of fused-ring (bicyclic) bond motifs is 11. The number of nitrogens with zero attached hydrogens (tertiary/aromatic N) is 1. The molecular formula is C34H21N. The zero-order chi connectivity index (χ0) is 22.7. The van der Waals surface area contributed by atoms with Gasteiger partial charge < -0.3 is 0 Å². The topological polar surface area (TPSA) is 12.9 Å². The highest BCUT2D eigenvalue weighted by Crippen LogP contribution is 2.60. The molecule has 0 spiro atoms. The Hall–Kier alpha value is -4.23. The smallest absolute Gasteiger partial charge is 0.0750 e. The molecule has 0 fully saturated rings. The molecule has 2 unspecified atom stereocenters. The van der Waals surface area contributed by atoms with Crippen molar-refractivity contribution in [2.24, 2.45) is 0 Å². The standard InChI is InChI=1S/C34H21N/c1-2-7-21(8-3-1)34-33-27-18-26(23-11-4-5-12-24(23)27)32(33)31-25-16-15-20-10-6-9-19-13-14-22(17-28(31)35-34)30(25)29(19)20/h1-17,26-27H,18H2. The van der Waals surface area contributed by atoms with Crippen molar-refractivity contribution in [1.82, 2.24) is 4.98 Å². The number of hydrogen-bond acceptors (Lipinski definition) is 1. The van der Waals surface area contributed by atoms with Crippen molar-refractivity contribution >= 4 is 43.2 Å². The van der Waals surface area contributed by atoms with Crippen LogP contribution in [0.25, 0.3) is 54.5 Å². The van der Waals surface area contributed by atoms with Gasteiger partial charge in [-0.1, -0.05) is 97.1 Å². The number of rotatable bonds is 1. The zero-order valence-corrected chi connectivity index (χ0v) is 19.1. The maximum atomic E-state index is 5.43. The first-order valence-electron chi connectivity index (χ1n) is 12.5. The van der Waals surface area contributed by atoms with E-state index in [2.05, 4.69) is 103 Å². The molecule has 1 heterocycles. The van der Waals surface area contributed by atoms with Crippen molar-refractivity contribution < 1.29 is 0 Å². The summed E-state index contributed by atoms with van der Waals surface area (Å²) < 4.78 is 0. The Kier molecular flexibility index (Phi) is 3.24. The minimum Gasteiger partial charge on any atom is -0.247 e. The minimum absolute atomic E-state index is 0.428. The van der Waals surface area contributed by atoms with Crippen LogP contribution >= 0.6 is 0 Å². The Balaban J connectivity index is 1.51. The quantitative estimate of drug-likeness (QED) is 0.182. The normalized spacial score (nSPS) is 18.2. The lowest BCUT2D eigenvalue weighted by atomic mass is 9.80. The highest BCUT2D eigenvalue weighted by Gasteiger charge is 2.44. The number of pyridine rings is 1. The van der Waals surface area contributed by atoms with Crippen LogP contribution in [-0.4, -0.2) is 4.98 Å². The summed E-state index contributed by atoms with van der Waals surface area (Å²) in [5.41, 5.74) is 9.52. The molecular weight excluding hydrogens is 422 g/mol. The lowest BCUT2D eigenvalue weighted by molar-refractivity contribution is 0.797. The van der Waals surface area contributed by atoms with Crippen LogP contribution in [-0.2, 0) is 0 Å². The lowest BCUT2D eigenvalue weighted by Crippen LogP contribution is -2.08. The van der Waals surface area contributed by atoms with Crippen LogP contribution in [0.15, 0.2) is 103 Å². The van der Waals surface area contributed by atoms with Crippen LogP contribution in [0.2, 0.25) is 0 Å². The molecule has 1 nitrogen and oxygen atoms in total. The third kappa shape index (κ3) is 2.17. The van der Waals surface area contributed by atoms with Crippen LogP contribution in [0.1, 0.15) is 40.5 Å². The molecule has 1 aromatic heterocycles. The van der Waals surface area contributed by atoms with Gasteiger partial charge in [0.05, 0.1) is 11.2 Å². The SMILES string of the molecule is c1ccc(-c2nc3cc4ccc5cccc6ccc(c3c3c2C2CC3c3ccccc32)c4c56)cc1. The average molecular weight is 444 g/mol. The molecule has 9 rings (SSSR count). The third-order valence-corrected chi connectivity index (χ3v) is 8.64. The van der Waals surface area contributed by atoms with Gasteiger partial charge in [0.25, 0.3) is 0 Å². The molecule has 0 N–H and O–H groups in total. The average Bonchev–Trinajstić information content (AvgIpc) is 3.49. The second-order valence-electron chi connectivity index (χ2n) is 10.3. The molecule has 2 bridgehead atoms. The predicted octanol–water partition coefficient (Wildman–Crippen LogP) is 8.78. The number of aromatic nitrogens is 1. The van der Waals surface area contributed by atoms with Crippen LogP contribution in [0.3, 0.4) is 0 Å². The fraction of sp³-hybridized carbons (Fsp3) is 0.0882. The van der Waals surface area contributed by atoms with E-state index in [1.54, 1.807) is 0 Å². The Morgan fingerprint density at radius 2 is 1.23 bits per heavy atom. The highest BCUT2D eigenvalue weighted by atomic mass is 14.7. The molecule has 162 valence electrons. The first kappa shape index (κ1) is 18.1. The molecule has 2 atom stereocenters. The van der Waals surface area contributed by atoms with E-state index in [0.717, 1.165) is 11.9 Å². The van der Waals surface area contributed by atoms with E-state index in [9.17, 15) is 0 Å². The molecule has 35 heavy (non-hydrogen) atoms. The summed E-state index contributed by atoms with van der Waals surface area (Å²) in [6, 6.07) is 38.1. The number of benzene rings is 6. The van der Waals surface area contributed by atoms with Gasteiger partial charge in [-0.3, -0.25) is 0 Å². The van der Waals surface area contributed by atoms with Crippen molar-refractivity contribution in [2.75, 3.05) is 0 Å². The predicted molar refractivity (Wildman–Crippen MR) is 146 cm³/mol. The summed E-state index contributed by atoms with van der Waals surface area (Å²) in [7, 11) is 0. The van der Waals surface area contributed by atoms with Crippen molar-refractivity contribution in [1.29, 1.82) is 0 Å². The first-order chi connectivity index (χ1) is 17.4. The summed E-state index contributed by atoms with van der Waals surface area (Å²) in [4.78, 5) is 5.43. The van der Waals surface area contributed by atoms with Gasteiger partial charge >= 0.3 is 0 Å². The first-order valence-corrected chi connectivity index (χ1v) is 12.5. The molecule has 0 saturated heterocycles. The van der Waals surface area contributed by atoms with Crippen LogP contribution in [0.5, 0.6) is 0 Å². The van der Waals surface area contributed by atoms with Crippen molar-refractivity contribution in [3.63, 3.8) is 0 Å². The van der Waals surface area contributed by atoms with E-state index in [4.69, 9.17) is 4.98 Å². The van der Waals surface area contributed by atoms with Gasteiger partial charge in [-0.15, -0.1) is 0 Å². The van der Waals surface area contributed by atoms with E-state index < -0.39 is 0 Å². The van der Waals surface area contributed by atoms with Gasteiger partial charge in [-0.05, 0) is 67.1 Å². The molecule has 0 radical (unpaired) electrons. The Labute approximate surface area is 203 Å². The van der Waals surface area contributed by atoms with E-state index in [1.807, 2.05) is 0 Å². The Bertz CT molecular complexity index is 1970. The van der Waals surface area contributed by atoms with Gasteiger partial charge in [0.2, 0.25) is 0 Å². The van der Waals surface area contributed by atoms with Gasteiger partial charge in [0.1, 0.15) is 0 Å². The Morgan fingerprint density at radius 3 is 2.03 bits per heavy atom. The molecule has 7 aromatic rings. The van der Waals surface area contributed by atoms with Gasteiger partial charge in [-0.25, -0.2) is 4.98 Å². The van der Waals surface area contributed by atoms with Crippen molar-refractivity contribution in [3.8, 4) is 11.3 Å². The van der Waals surface area contributed by atoms with Crippen LogP contribution in [0.4, 0.5) is 0 Å². The van der Waals surface area contributed by atoms with Gasteiger partial charge in [-0.2, -0.15) is 0 Å². The highest BCUT2D eigenvalue weighted by molar-refractivity contribution is 6.29. The minimum atomic E-state index is 0.428.